The van der Waals surface area contributed by atoms with Gasteiger partial charge in [-0.25, -0.2) is 4.98 Å². The molecule has 0 bridgehead atoms. The lowest BCUT2D eigenvalue weighted by Gasteiger charge is -2.30. The summed E-state index contributed by atoms with van der Waals surface area (Å²) in [4.78, 5) is 4.51. The van der Waals surface area contributed by atoms with E-state index in [2.05, 4.69) is 43.9 Å². The van der Waals surface area contributed by atoms with E-state index in [1.165, 1.54) is 31.4 Å². The number of hydrogen-bond donors (Lipinski definition) is 0. The minimum atomic E-state index is -1.55. The second kappa shape index (κ2) is 7.85. The summed E-state index contributed by atoms with van der Waals surface area (Å²) in [6, 6.07) is 2.36. The summed E-state index contributed by atoms with van der Waals surface area (Å²) in [5.74, 6) is 1.09. The maximum absolute atomic E-state index is 6.56. The Kier molecular flexibility index (Phi) is 6.79. The van der Waals surface area contributed by atoms with Crippen molar-refractivity contribution in [2.24, 2.45) is 7.05 Å². The number of unbranched alkanes of at least 4 members (excludes halogenated alkanes) is 2. The van der Waals surface area contributed by atoms with Crippen molar-refractivity contribution < 1.29 is 4.43 Å². The first-order valence-corrected chi connectivity index (χ1v) is 10.5. The normalized spacial score (nSPS) is 13.7. The van der Waals surface area contributed by atoms with Crippen LogP contribution in [-0.2, 0) is 11.5 Å². The molecular formula is C15H30N2OSi. The van der Waals surface area contributed by atoms with E-state index in [-0.39, 0.29) is 6.10 Å². The lowest BCUT2D eigenvalue weighted by molar-refractivity contribution is 0.165. The van der Waals surface area contributed by atoms with Crippen LogP contribution in [0, 0.1) is 0 Å². The van der Waals surface area contributed by atoms with Crippen LogP contribution >= 0.6 is 0 Å². The van der Waals surface area contributed by atoms with Gasteiger partial charge in [0.15, 0.2) is 8.32 Å². The first-order chi connectivity index (χ1) is 9.06. The molecule has 0 spiro atoms. The highest BCUT2D eigenvalue weighted by Gasteiger charge is 2.30. The number of imidazole rings is 1. The van der Waals surface area contributed by atoms with E-state index < -0.39 is 8.32 Å². The molecule has 0 fully saturated rings. The second-order valence-corrected chi connectivity index (χ2v) is 10.2. The van der Waals surface area contributed by atoms with Gasteiger partial charge in [0, 0.05) is 19.4 Å². The van der Waals surface area contributed by atoms with Crippen LogP contribution in [0.25, 0.3) is 0 Å². The quantitative estimate of drug-likeness (QED) is 0.486. The van der Waals surface area contributed by atoms with Crippen molar-refractivity contribution in [2.75, 3.05) is 0 Å². The highest BCUT2D eigenvalue weighted by molar-refractivity contribution is 6.72. The van der Waals surface area contributed by atoms with E-state index in [9.17, 15) is 0 Å². The van der Waals surface area contributed by atoms with Crippen molar-refractivity contribution in [3.8, 4) is 0 Å². The summed E-state index contributed by atoms with van der Waals surface area (Å²) in [6.45, 7) is 9.12. The summed E-state index contributed by atoms with van der Waals surface area (Å²) < 4.78 is 8.67. The fraction of sp³-hybridized carbons (Fsp3) is 0.800. The van der Waals surface area contributed by atoms with E-state index in [0.29, 0.717) is 0 Å². The highest BCUT2D eigenvalue weighted by atomic mass is 28.4. The van der Waals surface area contributed by atoms with Crippen LogP contribution in [-0.4, -0.2) is 17.9 Å². The summed E-state index contributed by atoms with van der Waals surface area (Å²) in [7, 11) is 0.512. The molecule has 0 aliphatic carbocycles. The molecule has 1 rings (SSSR count). The molecule has 0 saturated carbocycles. The van der Waals surface area contributed by atoms with Crippen molar-refractivity contribution in [2.45, 2.75) is 71.2 Å². The SMILES string of the molecule is CCCCCC(O[Si](C)(CC)CC)c1nccn1C. The van der Waals surface area contributed by atoms with Crippen LogP contribution in [0.3, 0.4) is 0 Å². The Morgan fingerprint density at radius 3 is 2.42 bits per heavy atom. The average Bonchev–Trinajstić information content (AvgIpc) is 2.84. The topological polar surface area (TPSA) is 27.1 Å². The summed E-state index contributed by atoms with van der Waals surface area (Å²) in [5.41, 5.74) is 0. The van der Waals surface area contributed by atoms with Gasteiger partial charge in [-0.3, -0.25) is 0 Å². The molecule has 110 valence electrons. The van der Waals surface area contributed by atoms with Gasteiger partial charge in [0.05, 0.1) is 0 Å². The maximum atomic E-state index is 6.56. The first kappa shape index (κ1) is 16.4. The molecule has 1 unspecified atom stereocenters. The molecule has 0 radical (unpaired) electrons. The van der Waals surface area contributed by atoms with E-state index >= 15 is 0 Å². The standard InChI is InChI=1S/C15H30N2OSi/c1-6-9-10-11-14(15-16-12-13-17(15)4)18-19(5,7-2)8-3/h12-14H,6-11H2,1-5H3. The predicted molar refractivity (Wildman–Crippen MR) is 83.8 cm³/mol. The Morgan fingerprint density at radius 2 is 1.95 bits per heavy atom. The van der Waals surface area contributed by atoms with Gasteiger partial charge in [0.25, 0.3) is 0 Å². The third-order valence-electron chi connectivity index (χ3n) is 4.14. The lowest BCUT2D eigenvalue weighted by Crippen LogP contribution is -2.35. The molecule has 0 aliphatic heterocycles. The van der Waals surface area contributed by atoms with Crippen LogP contribution < -0.4 is 0 Å². The third kappa shape index (κ3) is 4.77. The van der Waals surface area contributed by atoms with Gasteiger partial charge in [0.1, 0.15) is 11.9 Å². The minimum absolute atomic E-state index is 0.183. The summed E-state index contributed by atoms with van der Waals surface area (Å²) in [5, 5.41) is 0. The van der Waals surface area contributed by atoms with Crippen LogP contribution in [0.4, 0.5) is 0 Å². The highest BCUT2D eigenvalue weighted by Crippen LogP contribution is 2.29. The largest absolute Gasteiger partial charge is 0.407 e. The molecular weight excluding hydrogens is 252 g/mol. The van der Waals surface area contributed by atoms with Crippen molar-refractivity contribution in [3.05, 3.63) is 18.2 Å². The Labute approximate surface area is 119 Å². The third-order valence-corrected chi connectivity index (χ3v) is 7.98. The number of aromatic nitrogens is 2. The average molecular weight is 283 g/mol. The van der Waals surface area contributed by atoms with Crippen molar-refractivity contribution in [3.63, 3.8) is 0 Å². The van der Waals surface area contributed by atoms with Crippen molar-refractivity contribution in [1.82, 2.24) is 9.55 Å². The van der Waals surface area contributed by atoms with Gasteiger partial charge in [-0.2, -0.15) is 0 Å². The zero-order valence-corrected chi connectivity index (χ0v) is 14.3. The summed E-state index contributed by atoms with van der Waals surface area (Å²) >= 11 is 0. The van der Waals surface area contributed by atoms with Crippen molar-refractivity contribution in [1.29, 1.82) is 0 Å². The molecule has 1 aromatic heterocycles. The molecule has 0 aromatic carbocycles. The van der Waals surface area contributed by atoms with Gasteiger partial charge >= 0.3 is 0 Å². The summed E-state index contributed by atoms with van der Waals surface area (Å²) in [6.07, 6.45) is 8.94. The monoisotopic (exact) mass is 282 g/mol. The Hall–Kier alpha value is -0.613. The molecule has 1 atom stereocenters. The number of nitrogens with zero attached hydrogens (tertiary/aromatic N) is 2. The molecule has 1 aromatic rings. The lowest BCUT2D eigenvalue weighted by atomic mass is 10.1. The fourth-order valence-corrected chi connectivity index (χ4v) is 4.01. The van der Waals surface area contributed by atoms with E-state index in [4.69, 9.17) is 4.43 Å². The molecule has 0 amide bonds. The Balaban J connectivity index is 2.78. The number of rotatable bonds is 9. The number of aryl methyl sites for hydroxylation is 1. The molecule has 0 aliphatic rings. The van der Waals surface area contributed by atoms with Gasteiger partial charge in [0.2, 0.25) is 0 Å². The molecule has 0 N–H and O–H groups in total. The Bertz CT molecular complexity index is 361. The van der Waals surface area contributed by atoms with E-state index in [1.54, 1.807) is 0 Å². The zero-order chi connectivity index (χ0) is 14.3. The van der Waals surface area contributed by atoms with Gasteiger partial charge in [-0.1, -0.05) is 40.0 Å². The maximum Gasteiger partial charge on any atom is 0.190 e. The molecule has 0 saturated heterocycles. The molecule has 4 heteroatoms. The number of hydrogen-bond acceptors (Lipinski definition) is 2. The van der Waals surface area contributed by atoms with Crippen LogP contribution in [0.2, 0.25) is 18.6 Å². The van der Waals surface area contributed by atoms with Crippen LogP contribution in [0.5, 0.6) is 0 Å². The van der Waals surface area contributed by atoms with Crippen LogP contribution in [0.1, 0.15) is 58.4 Å². The van der Waals surface area contributed by atoms with Gasteiger partial charge in [-0.15, -0.1) is 0 Å². The first-order valence-electron chi connectivity index (χ1n) is 7.71. The zero-order valence-electron chi connectivity index (χ0n) is 13.3. The second-order valence-electron chi connectivity index (χ2n) is 5.66. The smallest absolute Gasteiger partial charge is 0.190 e. The van der Waals surface area contributed by atoms with E-state index in [1.807, 2.05) is 12.4 Å². The van der Waals surface area contributed by atoms with Crippen molar-refractivity contribution >= 4 is 8.32 Å². The molecule has 3 nitrogen and oxygen atoms in total. The molecule has 1 heterocycles. The van der Waals surface area contributed by atoms with Gasteiger partial charge < -0.3 is 8.99 Å². The van der Waals surface area contributed by atoms with Gasteiger partial charge in [-0.05, 0) is 25.1 Å². The predicted octanol–water partition coefficient (Wildman–Crippen LogP) is 4.67. The molecule has 19 heavy (non-hydrogen) atoms. The van der Waals surface area contributed by atoms with Crippen LogP contribution in [0.15, 0.2) is 12.4 Å². The fourth-order valence-electron chi connectivity index (χ4n) is 2.27. The Morgan fingerprint density at radius 1 is 1.26 bits per heavy atom. The minimum Gasteiger partial charge on any atom is -0.407 e. The van der Waals surface area contributed by atoms with E-state index in [0.717, 1.165) is 12.2 Å².